The summed E-state index contributed by atoms with van der Waals surface area (Å²) >= 11 is 0. The summed E-state index contributed by atoms with van der Waals surface area (Å²) < 4.78 is 31.4. The zero-order valence-electron chi connectivity index (χ0n) is 20.3. The van der Waals surface area contributed by atoms with E-state index >= 15 is 0 Å². The summed E-state index contributed by atoms with van der Waals surface area (Å²) in [7, 11) is -3.54. The van der Waals surface area contributed by atoms with Crippen LogP contribution in [0.2, 0.25) is 0 Å². The third kappa shape index (κ3) is 4.71. The number of ether oxygens (including phenoxy) is 1. The van der Waals surface area contributed by atoms with Crippen molar-refractivity contribution in [2.24, 2.45) is 0 Å². The number of pyridine rings is 1. The number of morpholine rings is 1. The van der Waals surface area contributed by atoms with E-state index in [-0.39, 0.29) is 29.7 Å². The summed E-state index contributed by atoms with van der Waals surface area (Å²) in [5, 5.41) is 10.0. The second-order valence-electron chi connectivity index (χ2n) is 9.02. The van der Waals surface area contributed by atoms with Crippen LogP contribution in [0.5, 0.6) is 0 Å². The number of nitrogens with one attached hydrogen (secondary N) is 1. The molecule has 3 aromatic heterocycles. The van der Waals surface area contributed by atoms with E-state index in [1.807, 2.05) is 31.3 Å². The molecule has 1 aliphatic heterocycles. The fourth-order valence-corrected chi connectivity index (χ4v) is 5.82. The molecule has 0 saturated carbocycles. The number of hydrogen-bond donors (Lipinski definition) is 2. The van der Waals surface area contributed by atoms with Gasteiger partial charge in [0.2, 0.25) is 0 Å². The Labute approximate surface area is 210 Å². The molecule has 0 aliphatic carbocycles. The van der Waals surface area contributed by atoms with E-state index in [2.05, 4.69) is 21.8 Å². The highest BCUT2D eigenvalue weighted by Gasteiger charge is 2.24. The first-order chi connectivity index (χ1) is 17.4. The maximum atomic E-state index is 12.9. The number of aliphatic hydroxyl groups is 1. The number of nitrogens with zero attached hydrogens (tertiary/aromatic N) is 4. The third-order valence-corrected chi connectivity index (χ3v) is 8.29. The molecule has 1 aliphatic rings. The third-order valence-electron chi connectivity index (χ3n) is 6.49. The lowest BCUT2D eigenvalue weighted by molar-refractivity contribution is 0.0985. The number of aliphatic hydroxyl groups excluding tert-OH is 1. The SMILES string of the molecule is Cc1ccc(S(=O)(=O)CCCO)cc1-c1cc(N2CCOC[C@H]2C)nc(-c2ccnc3[nH]ccc23)n1. The molecular weight excluding hydrogens is 478 g/mol. The molecule has 4 heterocycles. The van der Waals surface area contributed by atoms with Crippen molar-refractivity contribution in [3.63, 3.8) is 0 Å². The van der Waals surface area contributed by atoms with E-state index in [4.69, 9.17) is 19.8 Å². The topological polar surface area (TPSA) is 121 Å². The second kappa shape index (κ2) is 9.96. The quantitative estimate of drug-likeness (QED) is 0.391. The van der Waals surface area contributed by atoms with Gasteiger partial charge in [-0.3, -0.25) is 0 Å². The molecule has 0 spiro atoms. The average Bonchev–Trinajstić information content (AvgIpc) is 3.37. The summed E-state index contributed by atoms with van der Waals surface area (Å²) in [6, 6.07) is 11.0. The number of H-pyrrole nitrogens is 1. The molecule has 0 amide bonds. The van der Waals surface area contributed by atoms with Gasteiger partial charge in [0.25, 0.3) is 0 Å². The Morgan fingerprint density at radius 3 is 2.83 bits per heavy atom. The Morgan fingerprint density at radius 1 is 1.17 bits per heavy atom. The van der Waals surface area contributed by atoms with E-state index in [9.17, 15) is 8.42 Å². The Kier molecular flexibility index (Phi) is 6.74. The molecule has 5 rings (SSSR count). The number of aryl methyl sites for hydroxylation is 1. The largest absolute Gasteiger partial charge is 0.396 e. The van der Waals surface area contributed by atoms with Crippen molar-refractivity contribution in [1.82, 2.24) is 19.9 Å². The number of aromatic nitrogens is 4. The molecule has 1 saturated heterocycles. The zero-order chi connectivity index (χ0) is 25.3. The normalized spacial score (nSPS) is 16.5. The minimum Gasteiger partial charge on any atom is -0.396 e. The van der Waals surface area contributed by atoms with Gasteiger partial charge in [-0.15, -0.1) is 0 Å². The summed E-state index contributed by atoms with van der Waals surface area (Å²) in [5.41, 5.74) is 3.87. The van der Waals surface area contributed by atoms with Gasteiger partial charge in [0.15, 0.2) is 15.7 Å². The van der Waals surface area contributed by atoms with Crippen molar-refractivity contribution in [2.45, 2.75) is 31.2 Å². The van der Waals surface area contributed by atoms with Gasteiger partial charge in [-0.2, -0.15) is 0 Å². The van der Waals surface area contributed by atoms with E-state index in [0.29, 0.717) is 31.3 Å². The van der Waals surface area contributed by atoms with Crippen molar-refractivity contribution in [1.29, 1.82) is 0 Å². The highest BCUT2D eigenvalue weighted by molar-refractivity contribution is 7.91. The van der Waals surface area contributed by atoms with Crippen LogP contribution >= 0.6 is 0 Å². The van der Waals surface area contributed by atoms with Crippen molar-refractivity contribution in [3.8, 4) is 22.6 Å². The summed E-state index contributed by atoms with van der Waals surface area (Å²) in [4.78, 5) is 19.8. The van der Waals surface area contributed by atoms with Crippen LogP contribution in [0.3, 0.4) is 0 Å². The predicted molar refractivity (Wildman–Crippen MR) is 139 cm³/mol. The van der Waals surface area contributed by atoms with Crippen molar-refractivity contribution >= 4 is 26.7 Å². The molecular formula is C26H29N5O4S. The number of aromatic amines is 1. The predicted octanol–water partition coefficient (Wildman–Crippen LogP) is 3.38. The van der Waals surface area contributed by atoms with Crippen molar-refractivity contribution in [2.75, 3.05) is 37.0 Å². The van der Waals surface area contributed by atoms with Gasteiger partial charge in [0.05, 0.1) is 35.6 Å². The van der Waals surface area contributed by atoms with Crippen molar-refractivity contribution in [3.05, 3.63) is 54.4 Å². The maximum Gasteiger partial charge on any atom is 0.178 e. The lowest BCUT2D eigenvalue weighted by atomic mass is 10.0. The maximum absolute atomic E-state index is 12.9. The van der Waals surface area contributed by atoms with Crippen LogP contribution in [0, 0.1) is 6.92 Å². The Balaban J connectivity index is 1.69. The average molecular weight is 508 g/mol. The van der Waals surface area contributed by atoms with Gasteiger partial charge < -0.3 is 19.7 Å². The van der Waals surface area contributed by atoms with Gasteiger partial charge in [-0.25, -0.2) is 23.4 Å². The number of benzene rings is 1. The van der Waals surface area contributed by atoms with Gasteiger partial charge in [0, 0.05) is 48.1 Å². The van der Waals surface area contributed by atoms with E-state index < -0.39 is 9.84 Å². The Morgan fingerprint density at radius 2 is 2.03 bits per heavy atom. The second-order valence-corrected chi connectivity index (χ2v) is 11.1. The molecule has 4 aromatic rings. The molecule has 188 valence electrons. The first-order valence-corrected chi connectivity index (χ1v) is 13.6. The molecule has 36 heavy (non-hydrogen) atoms. The van der Waals surface area contributed by atoms with E-state index in [1.165, 1.54) is 0 Å². The van der Waals surface area contributed by atoms with Crippen LogP contribution < -0.4 is 4.90 Å². The standard InChI is InChI=1S/C26H29N5O4S/c1-17-4-5-19(36(33,34)13-3-11-32)14-22(17)23-15-24(31-10-12-35-16-18(31)2)30-26(29-23)21-7-9-28-25-20(21)6-8-27-25/h4-9,14-15,18,32H,3,10-13,16H2,1-2H3,(H,27,28)/t18-/m1/s1. The first kappa shape index (κ1) is 24.4. The molecule has 0 unspecified atom stereocenters. The van der Waals surface area contributed by atoms with Gasteiger partial charge in [-0.1, -0.05) is 6.07 Å². The monoisotopic (exact) mass is 507 g/mol. The van der Waals surface area contributed by atoms with Crippen LogP contribution in [0.15, 0.2) is 53.7 Å². The van der Waals surface area contributed by atoms with Crippen LogP contribution in [0.25, 0.3) is 33.7 Å². The van der Waals surface area contributed by atoms with Crippen LogP contribution in [-0.4, -0.2) is 71.6 Å². The summed E-state index contributed by atoms with van der Waals surface area (Å²) in [6.07, 6.45) is 3.75. The smallest absolute Gasteiger partial charge is 0.178 e. The molecule has 0 bridgehead atoms. The molecule has 1 aromatic carbocycles. The highest BCUT2D eigenvalue weighted by atomic mass is 32.2. The molecule has 10 heteroatoms. The van der Waals surface area contributed by atoms with Gasteiger partial charge in [0.1, 0.15) is 11.5 Å². The number of rotatable bonds is 7. The van der Waals surface area contributed by atoms with Crippen molar-refractivity contribution < 1.29 is 18.3 Å². The van der Waals surface area contributed by atoms with Gasteiger partial charge in [-0.05, 0) is 50.1 Å². The van der Waals surface area contributed by atoms with E-state index in [1.54, 1.807) is 24.4 Å². The van der Waals surface area contributed by atoms with Crippen LogP contribution in [0.1, 0.15) is 18.9 Å². The molecule has 0 radical (unpaired) electrons. The molecule has 1 atom stereocenters. The summed E-state index contributed by atoms with van der Waals surface area (Å²) in [5.74, 6) is 1.19. The minimum absolute atomic E-state index is 0.111. The molecule has 9 nitrogen and oxygen atoms in total. The first-order valence-electron chi connectivity index (χ1n) is 12.0. The van der Waals surface area contributed by atoms with E-state index in [0.717, 1.165) is 33.5 Å². The van der Waals surface area contributed by atoms with Gasteiger partial charge >= 0.3 is 0 Å². The minimum atomic E-state index is -3.54. The number of hydrogen-bond acceptors (Lipinski definition) is 8. The number of sulfone groups is 1. The lowest BCUT2D eigenvalue weighted by Gasteiger charge is -2.34. The fraction of sp³-hybridized carbons (Fsp3) is 0.346. The zero-order valence-corrected chi connectivity index (χ0v) is 21.1. The lowest BCUT2D eigenvalue weighted by Crippen LogP contribution is -2.44. The Hall–Kier alpha value is -3.34. The number of anilines is 1. The van der Waals surface area contributed by atoms with Crippen LogP contribution in [0.4, 0.5) is 5.82 Å². The number of fused-ring (bicyclic) bond motifs is 1. The van der Waals surface area contributed by atoms with Crippen LogP contribution in [-0.2, 0) is 14.6 Å². The molecule has 1 fully saturated rings. The fourth-order valence-electron chi connectivity index (χ4n) is 4.51. The molecule has 2 N–H and O–H groups in total. The highest BCUT2D eigenvalue weighted by Crippen LogP contribution is 2.33. The summed E-state index contributed by atoms with van der Waals surface area (Å²) in [6.45, 7) is 5.76. The Bertz CT molecular complexity index is 1500.